The van der Waals surface area contributed by atoms with Crippen LogP contribution in [0.1, 0.15) is 37.8 Å². The maximum Gasteiger partial charge on any atom is 0.416 e. The molecule has 2 N–H and O–H groups in total. The lowest BCUT2D eigenvalue weighted by molar-refractivity contribution is -0.150. The summed E-state index contributed by atoms with van der Waals surface area (Å²) in [5.41, 5.74) is 0.0174. The topological polar surface area (TPSA) is 88.1 Å². The van der Waals surface area contributed by atoms with Gasteiger partial charge in [0.1, 0.15) is 12.4 Å². The van der Waals surface area contributed by atoms with Gasteiger partial charge in [-0.25, -0.2) is 9.59 Å². The summed E-state index contributed by atoms with van der Waals surface area (Å²) in [6, 6.07) is 11.0. The SMILES string of the molecule is CCCSCCCN(CCOc1ccc(CC(OCC)C(=O)O)cc1)C(=O)Nc1cccc(C(F)(F)F)c1. The van der Waals surface area contributed by atoms with Gasteiger partial charge in [-0.2, -0.15) is 24.9 Å². The fraction of sp³-hybridized carbons (Fsp3) is 0.481. The van der Waals surface area contributed by atoms with E-state index < -0.39 is 29.8 Å². The van der Waals surface area contributed by atoms with Crippen LogP contribution in [-0.2, 0) is 22.1 Å². The van der Waals surface area contributed by atoms with Crippen LogP contribution in [0, 0.1) is 0 Å². The van der Waals surface area contributed by atoms with E-state index in [4.69, 9.17) is 9.47 Å². The minimum atomic E-state index is -4.50. The van der Waals surface area contributed by atoms with Gasteiger partial charge in [0.05, 0.1) is 12.1 Å². The van der Waals surface area contributed by atoms with Gasteiger partial charge in [-0.05, 0) is 67.2 Å². The van der Waals surface area contributed by atoms with Crippen molar-refractivity contribution in [2.45, 2.75) is 45.4 Å². The number of aliphatic carboxylic acids is 1. The molecule has 0 saturated heterocycles. The van der Waals surface area contributed by atoms with Gasteiger partial charge in [0.2, 0.25) is 0 Å². The molecule has 7 nitrogen and oxygen atoms in total. The Balaban J connectivity index is 1.96. The number of benzene rings is 2. The lowest BCUT2D eigenvalue weighted by atomic mass is 10.1. The van der Waals surface area contributed by atoms with E-state index in [1.54, 1.807) is 43.0 Å². The van der Waals surface area contributed by atoms with Crippen molar-refractivity contribution in [1.29, 1.82) is 0 Å². The molecule has 38 heavy (non-hydrogen) atoms. The van der Waals surface area contributed by atoms with Crippen molar-refractivity contribution in [2.75, 3.05) is 43.1 Å². The number of hydrogen-bond donors (Lipinski definition) is 2. The van der Waals surface area contributed by atoms with Gasteiger partial charge in [0, 0.05) is 25.3 Å². The summed E-state index contributed by atoms with van der Waals surface area (Å²) in [6.07, 6.45) is -3.41. The van der Waals surface area contributed by atoms with Crippen LogP contribution in [0.5, 0.6) is 5.75 Å². The van der Waals surface area contributed by atoms with Crippen LogP contribution in [-0.4, -0.2) is 65.9 Å². The highest BCUT2D eigenvalue weighted by molar-refractivity contribution is 7.99. The number of urea groups is 1. The van der Waals surface area contributed by atoms with Gasteiger partial charge in [0.25, 0.3) is 0 Å². The molecule has 0 spiro atoms. The molecule has 1 unspecified atom stereocenters. The number of amides is 2. The van der Waals surface area contributed by atoms with Crippen LogP contribution in [0.15, 0.2) is 48.5 Å². The average Bonchev–Trinajstić information content (AvgIpc) is 2.87. The van der Waals surface area contributed by atoms with E-state index in [2.05, 4.69) is 12.2 Å². The Bertz CT molecular complexity index is 1000. The largest absolute Gasteiger partial charge is 0.492 e. The third kappa shape index (κ3) is 11.2. The minimum absolute atomic E-state index is 0.0680. The Hall–Kier alpha value is -2.92. The summed E-state index contributed by atoms with van der Waals surface area (Å²) in [5.74, 6) is 1.41. The third-order valence-corrected chi connectivity index (χ3v) is 6.69. The number of nitrogens with zero attached hydrogens (tertiary/aromatic N) is 1. The summed E-state index contributed by atoms with van der Waals surface area (Å²) in [4.78, 5) is 25.7. The Morgan fingerprint density at radius 1 is 1.08 bits per heavy atom. The first-order valence-electron chi connectivity index (χ1n) is 12.5. The van der Waals surface area contributed by atoms with E-state index >= 15 is 0 Å². The molecule has 0 saturated carbocycles. The van der Waals surface area contributed by atoms with Crippen LogP contribution in [0.2, 0.25) is 0 Å². The highest BCUT2D eigenvalue weighted by atomic mass is 32.2. The predicted octanol–water partition coefficient (Wildman–Crippen LogP) is 6.18. The minimum Gasteiger partial charge on any atom is -0.492 e. The Morgan fingerprint density at radius 2 is 1.82 bits per heavy atom. The van der Waals surface area contributed by atoms with Crippen molar-refractivity contribution in [2.24, 2.45) is 0 Å². The molecule has 2 aromatic carbocycles. The molecule has 1 atom stereocenters. The second kappa shape index (κ2) is 16.1. The molecule has 0 aliphatic carbocycles. The summed E-state index contributed by atoms with van der Waals surface area (Å²) < 4.78 is 50.1. The Morgan fingerprint density at radius 3 is 2.45 bits per heavy atom. The zero-order valence-corrected chi connectivity index (χ0v) is 22.4. The van der Waals surface area contributed by atoms with E-state index in [0.717, 1.165) is 42.0 Å². The van der Waals surface area contributed by atoms with Gasteiger partial charge >= 0.3 is 18.2 Å². The number of carboxylic acids is 1. The van der Waals surface area contributed by atoms with Gasteiger partial charge in [0.15, 0.2) is 6.10 Å². The van der Waals surface area contributed by atoms with Gasteiger partial charge < -0.3 is 24.8 Å². The third-order valence-electron chi connectivity index (χ3n) is 5.41. The number of ether oxygens (including phenoxy) is 2. The quantitative estimate of drug-likeness (QED) is 0.240. The van der Waals surface area contributed by atoms with E-state index in [0.29, 0.717) is 18.9 Å². The van der Waals surface area contributed by atoms with Gasteiger partial charge in [-0.3, -0.25) is 0 Å². The molecule has 0 fully saturated rings. The molecule has 0 bridgehead atoms. The van der Waals surface area contributed by atoms with Crippen LogP contribution in [0.25, 0.3) is 0 Å². The number of halogens is 3. The van der Waals surface area contributed by atoms with Crippen molar-refractivity contribution in [3.8, 4) is 5.75 Å². The van der Waals surface area contributed by atoms with Crippen molar-refractivity contribution < 1.29 is 37.3 Å². The zero-order valence-electron chi connectivity index (χ0n) is 21.6. The molecule has 2 aromatic rings. The smallest absolute Gasteiger partial charge is 0.416 e. The maximum atomic E-state index is 13.0. The van der Waals surface area contributed by atoms with Crippen LogP contribution < -0.4 is 10.1 Å². The van der Waals surface area contributed by atoms with Crippen LogP contribution >= 0.6 is 11.8 Å². The zero-order chi connectivity index (χ0) is 28.0. The predicted molar refractivity (Wildman–Crippen MR) is 143 cm³/mol. The molecule has 0 aliphatic rings. The number of nitrogens with one attached hydrogen (secondary N) is 1. The fourth-order valence-electron chi connectivity index (χ4n) is 3.52. The Labute approximate surface area is 225 Å². The van der Waals surface area contributed by atoms with Crippen LogP contribution in [0.3, 0.4) is 0 Å². The standard InChI is InChI=1S/C27H35F3N2O5S/c1-3-16-38-17-6-13-32(26(35)31-22-8-5-7-21(19-22)27(28,29)30)14-15-37-23-11-9-20(10-12-23)18-24(25(33)34)36-4-2/h5,7-12,19,24H,3-4,6,13-18H2,1-2H3,(H,31,35)(H,33,34). The number of hydrogen-bond acceptors (Lipinski definition) is 5. The molecule has 0 radical (unpaired) electrons. The molecule has 0 aromatic heterocycles. The van der Waals surface area contributed by atoms with Crippen molar-refractivity contribution in [3.05, 3.63) is 59.7 Å². The lowest BCUT2D eigenvalue weighted by Crippen LogP contribution is -2.38. The highest BCUT2D eigenvalue weighted by Crippen LogP contribution is 2.30. The van der Waals surface area contributed by atoms with Gasteiger partial charge in [-0.15, -0.1) is 0 Å². The summed E-state index contributed by atoms with van der Waals surface area (Å²) in [7, 11) is 0. The number of thioether (sulfide) groups is 1. The first-order chi connectivity index (χ1) is 18.1. The molecule has 2 amide bonds. The van der Waals surface area contributed by atoms with Crippen LogP contribution in [0.4, 0.5) is 23.7 Å². The lowest BCUT2D eigenvalue weighted by Gasteiger charge is -2.23. The number of alkyl halides is 3. The molecule has 0 aliphatic heterocycles. The molecule has 2 rings (SSSR count). The normalized spacial score (nSPS) is 12.1. The monoisotopic (exact) mass is 556 g/mol. The molecular formula is C27H35F3N2O5S. The Kier molecular flexibility index (Phi) is 13.3. The van der Waals surface area contributed by atoms with E-state index in [9.17, 15) is 27.9 Å². The van der Waals surface area contributed by atoms with Crippen molar-refractivity contribution in [1.82, 2.24) is 4.90 Å². The second-order valence-electron chi connectivity index (χ2n) is 8.44. The molecule has 210 valence electrons. The average molecular weight is 557 g/mol. The number of anilines is 1. The van der Waals surface area contributed by atoms with Crippen molar-refractivity contribution in [3.63, 3.8) is 0 Å². The number of carbonyl (C=O) groups excluding carboxylic acids is 1. The summed E-state index contributed by atoms with van der Waals surface area (Å²) in [5, 5.41) is 11.8. The molecule has 11 heteroatoms. The van der Waals surface area contributed by atoms with E-state index in [-0.39, 0.29) is 25.3 Å². The molecular weight excluding hydrogens is 521 g/mol. The first kappa shape index (κ1) is 31.3. The second-order valence-corrected chi connectivity index (χ2v) is 9.67. The fourth-order valence-corrected chi connectivity index (χ4v) is 4.35. The van der Waals surface area contributed by atoms with Crippen molar-refractivity contribution >= 4 is 29.4 Å². The summed E-state index contributed by atoms with van der Waals surface area (Å²) >= 11 is 1.79. The summed E-state index contributed by atoms with van der Waals surface area (Å²) in [6.45, 7) is 4.96. The number of rotatable bonds is 16. The highest BCUT2D eigenvalue weighted by Gasteiger charge is 2.30. The maximum absolute atomic E-state index is 13.0. The van der Waals surface area contributed by atoms with E-state index in [1.165, 1.54) is 17.0 Å². The number of carbonyl (C=O) groups is 2. The van der Waals surface area contributed by atoms with Gasteiger partial charge in [-0.1, -0.05) is 25.1 Å². The first-order valence-corrected chi connectivity index (χ1v) is 13.7. The van der Waals surface area contributed by atoms with E-state index in [1.807, 2.05) is 0 Å². The number of carboxylic acid groups (broad SMARTS) is 1. The molecule has 0 heterocycles.